The summed E-state index contributed by atoms with van der Waals surface area (Å²) in [6.45, 7) is 1.51. The molecule has 0 aliphatic carbocycles. The first-order valence-electron chi connectivity index (χ1n) is 5.67. The highest BCUT2D eigenvalue weighted by Gasteiger charge is 2.14. The number of hydrogen-bond acceptors (Lipinski definition) is 4. The van der Waals surface area contributed by atoms with Gasteiger partial charge in [-0.15, -0.1) is 0 Å². The highest BCUT2D eigenvalue weighted by molar-refractivity contribution is 7.98. The van der Waals surface area contributed by atoms with Gasteiger partial charge >= 0.3 is 5.97 Å². The van der Waals surface area contributed by atoms with Crippen LogP contribution < -0.4 is 0 Å². The maximum Gasteiger partial charge on any atom is 0.339 e. The van der Waals surface area contributed by atoms with E-state index in [2.05, 4.69) is 0 Å². The molecule has 5 heteroatoms. The first-order valence-corrected chi connectivity index (χ1v) is 6.45. The quantitative estimate of drug-likeness (QED) is 0.635. The number of ketones is 1. The fourth-order valence-corrected chi connectivity index (χ4v) is 2.67. The molecule has 2 rings (SSSR count). The number of Topliss-reactive ketones (excluding diaryl/α,β-unsaturated/α-hetero) is 1. The number of methoxy groups -OCH3 is 1. The van der Waals surface area contributed by atoms with Gasteiger partial charge in [-0.05, 0) is 36.2 Å². The average molecular weight is 275 g/mol. The van der Waals surface area contributed by atoms with Crippen molar-refractivity contribution in [3.05, 3.63) is 53.9 Å². The third kappa shape index (κ3) is 2.88. The zero-order valence-corrected chi connectivity index (χ0v) is 11.4. The summed E-state index contributed by atoms with van der Waals surface area (Å²) in [6.07, 6.45) is 1.79. The SMILES string of the molecule is COC(=O)c1ccccc1Sn1cccc1C(C)=O. The largest absolute Gasteiger partial charge is 0.465 e. The lowest BCUT2D eigenvalue weighted by atomic mass is 10.2. The van der Waals surface area contributed by atoms with Crippen LogP contribution in [0.25, 0.3) is 0 Å². The van der Waals surface area contributed by atoms with Gasteiger partial charge in [-0.2, -0.15) is 0 Å². The number of hydrogen-bond donors (Lipinski definition) is 0. The van der Waals surface area contributed by atoms with Crippen LogP contribution in [-0.4, -0.2) is 22.8 Å². The molecule has 0 aliphatic rings. The lowest BCUT2D eigenvalue weighted by Crippen LogP contribution is -2.05. The summed E-state index contributed by atoms with van der Waals surface area (Å²) in [6, 6.07) is 10.7. The van der Waals surface area contributed by atoms with Crippen LogP contribution in [0.4, 0.5) is 0 Å². The van der Waals surface area contributed by atoms with Crippen LogP contribution >= 0.6 is 11.9 Å². The lowest BCUT2D eigenvalue weighted by molar-refractivity contribution is 0.0596. The molecule has 0 radical (unpaired) electrons. The van der Waals surface area contributed by atoms with Crippen molar-refractivity contribution >= 4 is 23.7 Å². The summed E-state index contributed by atoms with van der Waals surface area (Å²) < 4.78 is 6.49. The third-order valence-corrected chi connectivity index (χ3v) is 3.63. The molecule has 19 heavy (non-hydrogen) atoms. The maximum absolute atomic E-state index is 11.7. The number of aromatic nitrogens is 1. The molecule has 0 fully saturated rings. The number of carbonyl (C=O) groups excluding carboxylic acids is 2. The number of benzene rings is 1. The van der Waals surface area contributed by atoms with E-state index < -0.39 is 0 Å². The highest BCUT2D eigenvalue weighted by Crippen LogP contribution is 2.26. The van der Waals surface area contributed by atoms with Crippen molar-refractivity contribution in [2.45, 2.75) is 11.8 Å². The molecule has 4 nitrogen and oxygen atoms in total. The first kappa shape index (κ1) is 13.4. The molecule has 1 heterocycles. The van der Waals surface area contributed by atoms with E-state index in [9.17, 15) is 9.59 Å². The molecule has 0 atom stereocenters. The minimum absolute atomic E-state index is 0.0203. The Bertz CT molecular complexity index is 619. The van der Waals surface area contributed by atoms with E-state index in [1.165, 1.54) is 26.0 Å². The van der Waals surface area contributed by atoms with Crippen molar-refractivity contribution in [1.29, 1.82) is 0 Å². The predicted octanol–water partition coefficient (Wildman–Crippen LogP) is 3.03. The van der Waals surface area contributed by atoms with E-state index in [1.807, 2.05) is 12.1 Å². The van der Waals surface area contributed by atoms with Gasteiger partial charge in [0.15, 0.2) is 5.78 Å². The van der Waals surface area contributed by atoms with Gasteiger partial charge < -0.3 is 4.74 Å². The molecule has 2 aromatic rings. The van der Waals surface area contributed by atoms with Crippen LogP contribution in [0.2, 0.25) is 0 Å². The first-order chi connectivity index (χ1) is 9.13. The molecule has 0 N–H and O–H groups in total. The smallest absolute Gasteiger partial charge is 0.339 e. The normalized spacial score (nSPS) is 10.2. The number of esters is 1. The van der Waals surface area contributed by atoms with Gasteiger partial charge in [0, 0.05) is 18.0 Å². The number of carbonyl (C=O) groups is 2. The Hall–Kier alpha value is -2.01. The minimum atomic E-state index is -0.389. The van der Waals surface area contributed by atoms with Crippen LogP contribution in [0.15, 0.2) is 47.5 Å². The van der Waals surface area contributed by atoms with Crippen molar-refractivity contribution in [1.82, 2.24) is 3.97 Å². The lowest BCUT2D eigenvalue weighted by Gasteiger charge is -2.09. The zero-order valence-electron chi connectivity index (χ0n) is 10.6. The summed E-state index contributed by atoms with van der Waals surface area (Å²) in [5, 5.41) is 0. The summed E-state index contributed by atoms with van der Waals surface area (Å²) in [4.78, 5) is 23.9. The van der Waals surface area contributed by atoms with Gasteiger partial charge in [-0.1, -0.05) is 12.1 Å². The van der Waals surface area contributed by atoms with Crippen molar-refractivity contribution < 1.29 is 14.3 Å². The minimum Gasteiger partial charge on any atom is -0.465 e. The van der Waals surface area contributed by atoms with Crippen LogP contribution in [0.5, 0.6) is 0 Å². The number of nitrogens with zero attached hydrogens (tertiary/aromatic N) is 1. The predicted molar refractivity (Wildman–Crippen MR) is 73.5 cm³/mol. The molecule has 0 spiro atoms. The Morgan fingerprint density at radius 3 is 2.58 bits per heavy atom. The van der Waals surface area contributed by atoms with Gasteiger partial charge in [0.2, 0.25) is 0 Å². The summed E-state index contributed by atoms with van der Waals surface area (Å²) in [5.74, 6) is -0.410. The molecule has 0 bridgehead atoms. The Balaban J connectivity index is 2.36. The molecule has 0 unspecified atom stereocenters. The number of rotatable bonds is 4. The standard InChI is InChI=1S/C14H13NO3S/c1-10(16)12-7-5-9-15(12)19-13-8-4-3-6-11(13)14(17)18-2/h3-9H,1-2H3. The second kappa shape index (κ2) is 5.75. The molecular weight excluding hydrogens is 262 g/mol. The Labute approximate surface area is 115 Å². The monoisotopic (exact) mass is 275 g/mol. The molecular formula is C14H13NO3S. The molecule has 0 saturated carbocycles. The second-order valence-corrected chi connectivity index (χ2v) is 4.87. The van der Waals surface area contributed by atoms with Crippen molar-refractivity contribution in [3.63, 3.8) is 0 Å². The van der Waals surface area contributed by atoms with Gasteiger partial charge in [0.1, 0.15) is 0 Å². The number of ether oxygens (including phenoxy) is 1. The van der Waals surface area contributed by atoms with Crippen molar-refractivity contribution in [2.75, 3.05) is 7.11 Å². The van der Waals surface area contributed by atoms with E-state index in [0.717, 1.165) is 4.90 Å². The maximum atomic E-state index is 11.7. The summed E-state index contributed by atoms with van der Waals surface area (Å²) >= 11 is 1.31. The fourth-order valence-electron chi connectivity index (χ4n) is 1.65. The second-order valence-electron chi connectivity index (χ2n) is 3.85. The Morgan fingerprint density at radius 2 is 1.89 bits per heavy atom. The Kier molecular flexibility index (Phi) is 4.06. The molecule has 1 aromatic carbocycles. The van der Waals surface area contributed by atoms with Gasteiger partial charge in [0.25, 0.3) is 0 Å². The summed E-state index contributed by atoms with van der Waals surface area (Å²) in [5.41, 5.74) is 1.07. The van der Waals surface area contributed by atoms with E-state index in [1.54, 1.807) is 34.4 Å². The van der Waals surface area contributed by atoms with Crippen LogP contribution in [0.1, 0.15) is 27.8 Å². The molecule has 98 valence electrons. The molecule has 0 aliphatic heterocycles. The van der Waals surface area contributed by atoms with Gasteiger partial charge in [-0.25, -0.2) is 4.79 Å². The molecule has 0 amide bonds. The third-order valence-electron chi connectivity index (χ3n) is 2.56. The average Bonchev–Trinajstić information content (AvgIpc) is 2.87. The molecule has 0 saturated heterocycles. The van der Waals surface area contributed by atoms with Gasteiger partial charge in [-0.3, -0.25) is 8.77 Å². The Morgan fingerprint density at radius 1 is 1.16 bits per heavy atom. The van der Waals surface area contributed by atoms with Crippen molar-refractivity contribution in [2.24, 2.45) is 0 Å². The highest BCUT2D eigenvalue weighted by atomic mass is 32.2. The van der Waals surface area contributed by atoms with Crippen LogP contribution in [0, 0.1) is 0 Å². The van der Waals surface area contributed by atoms with E-state index >= 15 is 0 Å². The van der Waals surface area contributed by atoms with E-state index in [0.29, 0.717) is 11.3 Å². The molecule has 1 aromatic heterocycles. The topological polar surface area (TPSA) is 48.3 Å². The van der Waals surface area contributed by atoms with E-state index in [4.69, 9.17) is 4.74 Å². The van der Waals surface area contributed by atoms with Crippen LogP contribution in [0.3, 0.4) is 0 Å². The van der Waals surface area contributed by atoms with Crippen LogP contribution in [-0.2, 0) is 4.74 Å². The van der Waals surface area contributed by atoms with E-state index in [-0.39, 0.29) is 11.8 Å². The summed E-state index contributed by atoms with van der Waals surface area (Å²) in [7, 11) is 1.35. The zero-order chi connectivity index (χ0) is 13.8. The van der Waals surface area contributed by atoms with Gasteiger partial charge in [0.05, 0.1) is 18.4 Å². The van der Waals surface area contributed by atoms with Crippen molar-refractivity contribution in [3.8, 4) is 0 Å². The fraction of sp³-hybridized carbons (Fsp3) is 0.143.